The molecular formula is C10H20O4. The summed E-state index contributed by atoms with van der Waals surface area (Å²) >= 11 is 0. The maximum absolute atomic E-state index is 10.8. The molecule has 0 radical (unpaired) electrons. The molecular weight excluding hydrogens is 184 g/mol. The Kier molecular flexibility index (Phi) is 7.42. The number of carbonyl (C=O) groups is 1. The van der Waals surface area contributed by atoms with Gasteiger partial charge in [-0.15, -0.1) is 0 Å². The predicted octanol–water partition coefficient (Wildman–Crippen LogP) is 1.68. The Labute approximate surface area is 85.2 Å². The van der Waals surface area contributed by atoms with Crippen molar-refractivity contribution >= 4 is 5.97 Å². The van der Waals surface area contributed by atoms with Gasteiger partial charge in [-0.1, -0.05) is 19.8 Å². The van der Waals surface area contributed by atoms with Crippen LogP contribution >= 0.6 is 0 Å². The number of carboxylic acids is 1. The molecule has 4 nitrogen and oxygen atoms in total. The van der Waals surface area contributed by atoms with Crippen molar-refractivity contribution in [1.29, 1.82) is 0 Å². The third-order valence-electron chi connectivity index (χ3n) is 1.89. The molecule has 0 heterocycles. The van der Waals surface area contributed by atoms with E-state index in [1.807, 2.05) is 13.8 Å². The summed E-state index contributed by atoms with van der Waals surface area (Å²) in [6.07, 6.45) is 1.56. The second kappa shape index (κ2) is 7.76. The first-order chi connectivity index (χ1) is 6.61. The largest absolute Gasteiger partial charge is 0.479 e. The molecule has 0 rings (SSSR count). The monoisotopic (exact) mass is 204 g/mol. The van der Waals surface area contributed by atoms with Crippen LogP contribution in [0.1, 0.15) is 33.1 Å². The molecule has 4 heteroatoms. The number of hydrogen-bond acceptors (Lipinski definition) is 3. The lowest BCUT2D eigenvalue weighted by Gasteiger charge is -2.18. The van der Waals surface area contributed by atoms with Crippen LogP contribution in [0.15, 0.2) is 0 Å². The highest BCUT2D eigenvalue weighted by Gasteiger charge is 2.19. The van der Waals surface area contributed by atoms with E-state index in [-0.39, 0.29) is 6.10 Å². The lowest BCUT2D eigenvalue weighted by atomic mass is 10.1. The molecule has 0 aliphatic carbocycles. The minimum absolute atomic E-state index is 0.169. The summed E-state index contributed by atoms with van der Waals surface area (Å²) in [7, 11) is 1.57. The third kappa shape index (κ3) is 5.94. The van der Waals surface area contributed by atoms with Crippen LogP contribution in [0.4, 0.5) is 0 Å². The predicted molar refractivity (Wildman–Crippen MR) is 53.4 cm³/mol. The van der Waals surface area contributed by atoms with Gasteiger partial charge in [-0.25, -0.2) is 4.79 Å². The SMILES string of the molecule is CCCCC(OC(C)COC)C(=O)O. The molecule has 2 atom stereocenters. The van der Waals surface area contributed by atoms with Crippen LogP contribution in [0, 0.1) is 0 Å². The Morgan fingerprint density at radius 3 is 2.57 bits per heavy atom. The van der Waals surface area contributed by atoms with Gasteiger partial charge < -0.3 is 14.6 Å². The maximum Gasteiger partial charge on any atom is 0.332 e. The van der Waals surface area contributed by atoms with E-state index in [9.17, 15) is 4.79 Å². The fraction of sp³-hybridized carbons (Fsp3) is 0.900. The summed E-state index contributed by atoms with van der Waals surface area (Å²) < 4.78 is 10.2. The fourth-order valence-electron chi connectivity index (χ4n) is 1.19. The average Bonchev–Trinajstić information content (AvgIpc) is 2.12. The summed E-state index contributed by atoms with van der Waals surface area (Å²) in [6.45, 7) is 4.26. The molecule has 0 saturated carbocycles. The van der Waals surface area contributed by atoms with Crippen LogP contribution in [0.25, 0.3) is 0 Å². The molecule has 0 spiro atoms. The molecule has 0 saturated heterocycles. The average molecular weight is 204 g/mol. The van der Waals surface area contributed by atoms with Gasteiger partial charge in [0.1, 0.15) is 0 Å². The van der Waals surface area contributed by atoms with Crippen LogP contribution in [0.3, 0.4) is 0 Å². The summed E-state index contributed by atoms with van der Waals surface area (Å²) in [5.74, 6) is -0.888. The molecule has 0 aromatic heterocycles. The Hall–Kier alpha value is -0.610. The topological polar surface area (TPSA) is 55.8 Å². The van der Waals surface area contributed by atoms with E-state index in [1.165, 1.54) is 0 Å². The van der Waals surface area contributed by atoms with E-state index in [1.54, 1.807) is 7.11 Å². The fourth-order valence-corrected chi connectivity index (χ4v) is 1.19. The van der Waals surface area contributed by atoms with Gasteiger partial charge in [-0.05, 0) is 13.3 Å². The van der Waals surface area contributed by atoms with Crippen molar-refractivity contribution in [3.05, 3.63) is 0 Å². The Balaban J connectivity index is 3.89. The van der Waals surface area contributed by atoms with E-state index in [0.29, 0.717) is 13.0 Å². The van der Waals surface area contributed by atoms with Gasteiger partial charge in [0.15, 0.2) is 6.10 Å². The third-order valence-corrected chi connectivity index (χ3v) is 1.89. The number of unbranched alkanes of at least 4 members (excludes halogenated alkanes) is 1. The summed E-state index contributed by atoms with van der Waals surface area (Å²) in [4.78, 5) is 10.8. The molecule has 1 N–H and O–H groups in total. The Bertz CT molecular complexity index is 158. The first-order valence-electron chi connectivity index (χ1n) is 4.99. The van der Waals surface area contributed by atoms with Gasteiger partial charge in [0.05, 0.1) is 12.7 Å². The van der Waals surface area contributed by atoms with Crippen molar-refractivity contribution in [2.45, 2.75) is 45.3 Å². The molecule has 0 fully saturated rings. The molecule has 14 heavy (non-hydrogen) atoms. The van der Waals surface area contributed by atoms with Crippen molar-refractivity contribution in [2.24, 2.45) is 0 Å². The highest BCUT2D eigenvalue weighted by atomic mass is 16.5. The minimum atomic E-state index is -0.888. The van der Waals surface area contributed by atoms with E-state index >= 15 is 0 Å². The van der Waals surface area contributed by atoms with Crippen molar-refractivity contribution in [2.75, 3.05) is 13.7 Å². The zero-order valence-corrected chi connectivity index (χ0v) is 9.16. The number of aliphatic carboxylic acids is 1. The van der Waals surface area contributed by atoms with Gasteiger partial charge in [-0.3, -0.25) is 0 Å². The van der Waals surface area contributed by atoms with E-state index in [4.69, 9.17) is 14.6 Å². The standard InChI is InChI=1S/C10H20O4/c1-4-5-6-9(10(11)12)14-8(2)7-13-3/h8-9H,4-7H2,1-3H3,(H,11,12). The van der Waals surface area contributed by atoms with E-state index < -0.39 is 12.1 Å². The van der Waals surface area contributed by atoms with Gasteiger partial charge in [0, 0.05) is 7.11 Å². The summed E-state index contributed by atoms with van der Waals surface area (Å²) in [5.41, 5.74) is 0. The first-order valence-corrected chi connectivity index (χ1v) is 4.99. The molecule has 0 aliphatic rings. The number of rotatable bonds is 8. The number of carboxylic acid groups (broad SMARTS) is 1. The second-order valence-corrected chi connectivity index (χ2v) is 3.37. The van der Waals surface area contributed by atoms with Crippen LogP contribution in [-0.4, -0.2) is 37.0 Å². The van der Waals surface area contributed by atoms with Crippen molar-refractivity contribution in [1.82, 2.24) is 0 Å². The van der Waals surface area contributed by atoms with Gasteiger partial charge in [0.25, 0.3) is 0 Å². The highest BCUT2D eigenvalue weighted by Crippen LogP contribution is 2.08. The quantitative estimate of drug-likeness (QED) is 0.653. The summed E-state index contributed by atoms with van der Waals surface area (Å²) in [6, 6.07) is 0. The van der Waals surface area contributed by atoms with Gasteiger partial charge in [0.2, 0.25) is 0 Å². The zero-order chi connectivity index (χ0) is 11.0. The molecule has 84 valence electrons. The van der Waals surface area contributed by atoms with Crippen LogP contribution < -0.4 is 0 Å². The molecule has 2 unspecified atom stereocenters. The number of hydrogen-bond donors (Lipinski definition) is 1. The smallest absolute Gasteiger partial charge is 0.332 e. The van der Waals surface area contributed by atoms with E-state index in [2.05, 4.69) is 0 Å². The van der Waals surface area contributed by atoms with Crippen molar-refractivity contribution in [3.8, 4) is 0 Å². The first kappa shape index (κ1) is 13.4. The molecule has 0 aromatic rings. The molecule has 0 aromatic carbocycles. The summed E-state index contributed by atoms with van der Waals surface area (Å²) in [5, 5.41) is 8.85. The number of methoxy groups -OCH3 is 1. The Morgan fingerprint density at radius 1 is 1.50 bits per heavy atom. The Morgan fingerprint density at radius 2 is 2.14 bits per heavy atom. The lowest BCUT2D eigenvalue weighted by Crippen LogP contribution is -2.30. The van der Waals surface area contributed by atoms with Gasteiger partial charge in [-0.2, -0.15) is 0 Å². The lowest BCUT2D eigenvalue weighted by molar-refractivity contribution is -0.156. The van der Waals surface area contributed by atoms with Crippen LogP contribution in [0.5, 0.6) is 0 Å². The minimum Gasteiger partial charge on any atom is -0.479 e. The second-order valence-electron chi connectivity index (χ2n) is 3.37. The van der Waals surface area contributed by atoms with E-state index in [0.717, 1.165) is 12.8 Å². The van der Waals surface area contributed by atoms with Crippen LogP contribution in [0.2, 0.25) is 0 Å². The normalized spacial score (nSPS) is 15.1. The van der Waals surface area contributed by atoms with Crippen molar-refractivity contribution in [3.63, 3.8) is 0 Å². The highest BCUT2D eigenvalue weighted by molar-refractivity contribution is 5.72. The molecule has 0 aliphatic heterocycles. The zero-order valence-electron chi connectivity index (χ0n) is 9.16. The van der Waals surface area contributed by atoms with Gasteiger partial charge >= 0.3 is 5.97 Å². The number of ether oxygens (including phenoxy) is 2. The maximum atomic E-state index is 10.8. The molecule has 0 bridgehead atoms. The molecule has 0 amide bonds. The van der Waals surface area contributed by atoms with Crippen LogP contribution in [-0.2, 0) is 14.3 Å². The van der Waals surface area contributed by atoms with Crippen molar-refractivity contribution < 1.29 is 19.4 Å².